The van der Waals surface area contributed by atoms with Crippen molar-refractivity contribution in [3.63, 3.8) is 0 Å². The lowest BCUT2D eigenvalue weighted by atomic mass is 9.77. The van der Waals surface area contributed by atoms with Gasteiger partial charge >= 0.3 is 0 Å². The number of hydrogen-bond donors (Lipinski definition) is 0. The van der Waals surface area contributed by atoms with E-state index < -0.39 is 0 Å². The molecule has 3 aromatic carbocycles. The Kier molecular flexibility index (Phi) is 25.9. The molecule has 0 aliphatic carbocycles. The average Bonchev–Trinajstić information content (AvgIpc) is 3.36. The lowest BCUT2D eigenvalue weighted by Crippen LogP contribution is -2.28. The van der Waals surface area contributed by atoms with Gasteiger partial charge in [-0.15, -0.1) is 0 Å². The number of benzene rings is 3. The number of nitrogens with zero attached hydrogens (tertiary/aromatic N) is 2. The quantitative estimate of drug-likeness (QED) is 0.180. The molecule has 2 aliphatic heterocycles. The van der Waals surface area contributed by atoms with Crippen LogP contribution < -0.4 is 9.47 Å². The fourth-order valence-electron chi connectivity index (χ4n) is 7.41. The summed E-state index contributed by atoms with van der Waals surface area (Å²) in [6, 6.07) is 14.3. The van der Waals surface area contributed by atoms with Crippen LogP contribution in [0.1, 0.15) is 197 Å². The lowest BCUT2D eigenvalue weighted by molar-refractivity contribution is 0.0877. The zero-order valence-corrected chi connectivity index (χ0v) is 42.2. The molecule has 6 nitrogen and oxygen atoms in total. The molecule has 0 radical (unpaired) electrons. The van der Waals surface area contributed by atoms with Gasteiger partial charge in [-0.25, -0.2) is 0 Å². The Balaban J connectivity index is 0.00000227. The molecule has 0 bridgehead atoms. The van der Waals surface area contributed by atoms with Crippen molar-refractivity contribution in [2.24, 2.45) is 33.7 Å². The van der Waals surface area contributed by atoms with E-state index in [0.29, 0.717) is 54.0 Å². The molecule has 0 saturated carbocycles. The predicted molar refractivity (Wildman–Crippen MR) is 269 cm³/mol. The molecule has 4 atom stereocenters. The number of hydrogen-bond acceptors (Lipinski definition) is 6. The van der Waals surface area contributed by atoms with Gasteiger partial charge in [-0.05, 0) is 131 Å². The summed E-state index contributed by atoms with van der Waals surface area (Å²) in [7, 11) is 0. The molecular weight excluding hydrogens is 765 g/mol. The number of rotatable bonds is 11. The van der Waals surface area contributed by atoms with Crippen molar-refractivity contribution in [1.29, 1.82) is 0 Å². The van der Waals surface area contributed by atoms with Crippen molar-refractivity contribution in [2.45, 2.75) is 176 Å². The van der Waals surface area contributed by atoms with Crippen LogP contribution in [0.15, 0.2) is 75.7 Å². The first-order valence-corrected chi connectivity index (χ1v) is 23.8. The molecule has 4 unspecified atom stereocenters. The third-order valence-electron chi connectivity index (χ3n) is 11.5. The number of aliphatic imine (C=N–C) groups is 2. The van der Waals surface area contributed by atoms with Gasteiger partial charge in [-0.3, -0.25) is 19.6 Å². The van der Waals surface area contributed by atoms with Crippen LogP contribution >= 0.6 is 0 Å². The highest BCUT2D eigenvalue weighted by Crippen LogP contribution is 2.38. The van der Waals surface area contributed by atoms with E-state index in [1.165, 1.54) is 16.7 Å². The monoisotopic (exact) mass is 849 g/mol. The van der Waals surface area contributed by atoms with E-state index >= 15 is 0 Å². The van der Waals surface area contributed by atoms with Crippen LogP contribution in [0.4, 0.5) is 11.4 Å². The Labute approximate surface area is 378 Å². The van der Waals surface area contributed by atoms with Crippen LogP contribution in [-0.2, 0) is 13.2 Å². The van der Waals surface area contributed by atoms with E-state index in [4.69, 9.17) is 19.5 Å². The third kappa shape index (κ3) is 16.0. The van der Waals surface area contributed by atoms with Crippen LogP contribution in [0, 0.1) is 37.5 Å². The standard InChI is InChI=1S/C48H60N2O4.4C2H6/c1-11-30(5)16-36-14-13-15-45(51)41-18-32(7)46(23-43(41)49-25-36)53-27-37-20-38(22-39(21-37)29(3)4)28-54-47-24-44-42(19-33(47)8)48(52)35(10)34(9)40(26-50-44)17-31(6)12-2;4*1-2/h11-12,18-26,29,34-36,40H,13-17,27-28H2,1-10H3;4*1-2H3/b30-11-,31-12-,49-25?,50-26?;;;;. The second-order valence-electron chi connectivity index (χ2n) is 16.1. The van der Waals surface area contributed by atoms with Crippen molar-refractivity contribution >= 4 is 35.4 Å². The molecule has 2 heterocycles. The van der Waals surface area contributed by atoms with E-state index in [1.54, 1.807) is 0 Å². The fraction of sp³-hybridized carbons (Fsp3) is 0.536. The number of carbonyl (C=O) groups excluding carboxylic acids is 2. The first kappa shape index (κ1) is 55.4. The number of Topliss-reactive ketones (excluding diaryl/α,β-unsaturated/α-hetero) is 2. The lowest BCUT2D eigenvalue weighted by Gasteiger charge is -2.28. The van der Waals surface area contributed by atoms with Gasteiger partial charge in [0.25, 0.3) is 0 Å². The second kappa shape index (κ2) is 28.9. The number of ether oxygens (including phenoxy) is 2. The van der Waals surface area contributed by atoms with Crippen molar-refractivity contribution in [3.05, 3.63) is 105 Å². The smallest absolute Gasteiger partial charge is 0.168 e. The van der Waals surface area contributed by atoms with Crippen molar-refractivity contribution in [2.75, 3.05) is 0 Å². The Morgan fingerprint density at radius 1 is 0.694 bits per heavy atom. The number of aryl methyl sites for hydroxylation is 2. The van der Waals surface area contributed by atoms with Gasteiger partial charge in [0.15, 0.2) is 11.6 Å². The van der Waals surface area contributed by atoms with Crippen LogP contribution in [0.3, 0.4) is 0 Å². The second-order valence-corrected chi connectivity index (χ2v) is 16.1. The summed E-state index contributed by atoms with van der Waals surface area (Å²) >= 11 is 0. The van der Waals surface area contributed by atoms with E-state index in [2.05, 4.69) is 78.8 Å². The first-order chi connectivity index (χ1) is 29.8. The van der Waals surface area contributed by atoms with Gasteiger partial charge in [0.05, 0.1) is 11.4 Å². The zero-order chi connectivity index (χ0) is 47.1. The van der Waals surface area contributed by atoms with Gasteiger partial charge in [0, 0.05) is 53.9 Å². The molecule has 62 heavy (non-hydrogen) atoms. The molecule has 0 aromatic heterocycles. The van der Waals surface area contributed by atoms with E-state index in [0.717, 1.165) is 59.4 Å². The summed E-state index contributed by atoms with van der Waals surface area (Å²) in [4.78, 5) is 36.6. The largest absolute Gasteiger partial charge is 0.489 e. The van der Waals surface area contributed by atoms with E-state index in [1.807, 2.05) is 113 Å². The van der Waals surface area contributed by atoms with Crippen molar-refractivity contribution < 1.29 is 19.1 Å². The van der Waals surface area contributed by atoms with Gasteiger partial charge < -0.3 is 9.47 Å². The zero-order valence-electron chi connectivity index (χ0n) is 42.2. The fourth-order valence-corrected chi connectivity index (χ4v) is 7.41. The number of carbonyl (C=O) groups is 2. The van der Waals surface area contributed by atoms with Crippen LogP contribution in [0.5, 0.6) is 11.5 Å². The molecule has 6 heteroatoms. The highest BCUT2D eigenvalue weighted by Gasteiger charge is 2.31. The minimum Gasteiger partial charge on any atom is -0.489 e. The van der Waals surface area contributed by atoms with Crippen LogP contribution in [-0.4, -0.2) is 24.0 Å². The predicted octanol–water partition coefficient (Wildman–Crippen LogP) is 16.9. The molecular formula is C56H84N2O4. The molecule has 0 saturated heterocycles. The average molecular weight is 849 g/mol. The minimum absolute atomic E-state index is 0.112. The topological polar surface area (TPSA) is 77.3 Å². The highest BCUT2D eigenvalue weighted by molar-refractivity contribution is 6.04. The molecule has 3 aromatic rings. The van der Waals surface area contributed by atoms with Crippen molar-refractivity contribution in [3.8, 4) is 11.5 Å². The maximum Gasteiger partial charge on any atom is 0.168 e. The summed E-state index contributed by atoms with van der Waals surface area (Å²) < 4.78 is 13.0. The van der Waals surface area contributed by atoms with Crippen LogP contribution in [0.2, 0.25) is 0 Å². The maximum atomic E-state index is 13.7. The first-order valence-electron chi connectivity index (χ1n) is 23.8. The summed E-state index contributed by atoms with van der Waals surface area (Å²) in [5.41, 5.74) is 10.4. The molecule has 2 aliphatic rings. The van der Waals surface area contributed by atoms with Gasteiger partial charge in [-0.2, -0.15) is 0 Å². The van der Waals surface area contributed by atoms with Crippen molar-refractivity contribution in [1.82, 2.24) is 0 Å². The Morgan fingerprint density at radius 3 is 1.69 bits per heavy atom. The SMILES string of the molecule is C/C=C(/C)CC1C=Nc2cc(OCc3cc(COc4cc5c(cc4C)C(=O)C(C)C(C)C(C/C(C)=C\C)C=N5)cc(C(C)C)c3)c(C)cc2C(=O)CCC1.CC.CC.CC.CC. The molecule has 0 spiro atoms. The molecule has 5 rings (SSSR count). The summed E-state index contributed by atoms with van der Waals surface area (Å²) in [5, 5.41) is 0. The third-order valence-corrected chi connectivity index (χ3v) is 11.5. The summed E-state index contributed by atoms with van der Waals surface area (Å²) in [6.07, 6.45) is 12.5. The molecule has 0 N–H and O–H groups in total. The number of allylic oxidation sites excluding steroid dienone is 4. The normalized spacial score (nSPS) is 18.5. The summed E-state index contributed by atoms with van der Waals surface area (Å²) in [5.74, 6) is 2.60. The Bertz CT molecular complexity index is 1980. The maximum absolute atomic E-state index is 13.7. The molecule has 342 valence electrons. The molecule has 0 amide bonds. The molecule has 0 fully saturated rings. The number of fused-ring (bicyclic) bond motifs is 2. The van der Waals surface area contributed by atoms with Crippen LogP contribution in [0.25, 0.3) is 0 Å². The minimum atomic E-state index is -0.112. The number of ketones is 2. The highest BCUT2D eigenvalue weighted by atomic mass is 16.5. The van der Waals surface area contributed by atoms with Gasteiger partial charge in [0.2, 0.25) is 0 Å². The Morgan fingerprint density at radius 2 is 1.18 bits per heavy atom. The Hall–Kier alpha value is -4.58. The van der Waals surface area contributed by atoms with Gasteiger partial charge in [0.1, 0.15) is 24.7 Å². The van der Waals surface area contributed by atoms with E-state index in [9.17, 15) is 9.59 Å². The van der Waals surface area contributed by atoms with Gasteiger partial charge in [-0.1, -0.05) is 119 Å². The van der Waals surface area contributed by atoms with E-state index in [-0.39, 0.29) is 29.3 Å². The summed E-state index contributed by atoms with van der Waals surface area (Å²) in [6.45, 7) is 37.7.